The zero-order valence-electron chi connectivity index (χ0n) is 10.6. The fourth-order valence-electron chi connectivity index (χ4n) is 2.25. The van der Waals surface area contributed by atoms with Gasteiger partial charge in [0.05, 0.1) is 5.56 Å². The van der Waals surface area contributed by atoms with Gasteiger partial charge in [-0.2, -0.15) is 0 Å². The Bertz CT molecular complexity index is 519. The summed E-state index contributed by atoms with van der Waals surface area (Å²) in [6.45, 7) is 2.83. The summed E-state index contributed by atoms with van der Waals surface area (Å²) in [6.07, 6.45) is 0.574. The highest BCUT2D eigenvalue weighted by molar-refractivity contribution is 6.31. The van der Waals surface area contributed by atoms with Gasteiger partial charge in [-0.1, -0.05) is 18.5 Å². The lowest BCUT2D eigenvalue weighted by Gasteiger charge is -2.34. The number of halogens is 1. The summed E-state index contributed by atoms with van der Waals surface area (Å²) >= 11 is 5.82. The van der Waals surface area contributed by atoms with E-state index in [1.54, 1.807) is 23.1 Å². The summed E-state index contributed by atoms with van der Waals surface area (Å²) in [4.78, 5) is 25.8. The van der Waals surface area contributed by atoms with Crippen LogP contribution in [0.4, 0.5) is 5.69 Å². The normalized spacial score (nSPS) is 19.2. The predicted octanol–water partition coefficient (Wildman–Crippen LogP) is 1.27. The molecule has 3 N–H and O–H groups in total. The van der Waals surface area contributed by atoms with Crippen molar-refractivity contribution in [3.63, 3.8) is 0 Å². The van der Waals surface area contributed by atoms with Crippen molar-refractivity contribution < 1.29 is 9.59 Å². The Labute approximate surface area is 116 Å². The molecule has 1 heterocycles. The molecule has 0 aromatic heterocycles. The van der Waals surface area contributed by atoms with E-state index in [2.05, 4.69) is 5.32 Å². The second-order valence-corrected chi connectivity index (χ2v) is 4.88. The molecule has 102 valence electrons. The van der Waals surface area contributed by atoms with Gasteiger partial charge in [-0.05, 0) is 24.6 Å². The molecule has 1 atom stereocenters. The van der Waals surface area contributed by atoms with Crippen molar-refractivity contribution in [1.82, 2.24) is 10.2 Å². The van der Waals surface area contributed by atoms with Crippen molar-refractivity contribution in [2.24, 2.45) is 0 Å². The lowest BCUT2D eigenvalue weighted by molar-refractivity contribution is -0.127. The molecule has 0 bridgehead atoms. The standard InChI is InChI=1S/C13H16ClN3O2/c1-2-11-12(18)16-5-6-17(11)13(19)9-4-3-8(14)7-10(9)15/h3-4,7,11H,2,5-6,15H2,1H3,(H,16,18). The first-order valence-corrected chi connectivity index (χ1v) is 6.56. The summed E-state index contributed by atoms with van der Waals surface area (Å²) in [5.41, 5.74) is 6.54. The van der Waals surface area contributed by atoms with Gasteiger partial charge in [0.1, 0.15) is 6.04 Å². The van der Waals surface area contributed by atoms with Crippen LogP contribution in [0.2, 0.25) is 5.02 Å². The van der Waals surface area contributed by atoms with Crippen LogP contribution in [0, 0.1) is 0 Å². The minimum atomic E-state index is -0.434. The van der Waals surface area contributed by atoms with Crippen LogP contribution < -0.4 is 11.1 Å². The largest absolute Gasteiger partial charge is 0.398 e. The van der Waals surface area contributed by atoms with Crippen molar-refractivity contribution in [1.29, 1.82) is 0 Å². The molecule has 6 heteroatoms. The molecule has 1 aromatic carbocycles. The van der Waals surface area contributed by atoms with Crippen molar-refractivity contribution in [3.05, 3.63) is 28.8 Å². The SMILES string of the molecule is CCC1C(=O)NCCN1C(=O)c1ccc(Cl)cc1N. The van der Waals surface area contributed by atoms with Crippen molar-refractivity contribution >= 4 is 29.1 Å². The van der Waals surface area contributed by atoms with Crippen LogP contribution in [0.25, 0.3) is 0 Å². The van der Waals surface area contributed by atoms with E-state index in [0.717, 1.165) is 0 Å². The van der Waals surface area contributed by atoms with Gasteiger partial charge in [-0.15, -0.1) is 0 Å². The molecule has 19 heavy (non-hydrogen) atoms. The highest BCUT2D eigenvalue weighted by Gasteiger charge is 2.32. The molecule has 1 aromatic rings. The maximum absolute atomic E-state index is 12.5. The van der Waals surface area contributed by atoms with Crippen LogP contribution in [-0.2, 0) is 4.79 Å². The second-order valence-electron chi connectivity index (χ2n) is 4.45. The lowest BCUT2D eigenvalue weighted by atomic mass is 10.1. The summed E-state index contributed by atoms with van der Waals surface area (Å²) < 4.78 is 0. The molecule has 0 saturated carbocycles. The summed E-state index contributed by atoms with van der Waals surface area (Å²) in [6, 6.07) is 4.33. The van der Waals surface area contributed by atoms with Crippen LogP contribution in [0.15, 0.2) is 18.2 Å². The van der Waals surface area contributed by atoms with Gasteiger partial charge in [0.15, 0.2) is 0 Å². The monoisotopic (exact) mass is 281 g/mol. The smallest absolute Gasteiger partial charge is 0.256 e. The first kappa shape index (κ1) is 13.7. The van der Waals surface area contributed by atoms with E-state index in [4.69, 9.17) is 17.3 Å². The van der Waals surface area contributed by atoms with Gasteiger partial charge in [-0.25, -0.2) is 0 Å². The number of nitrogens with one attached hydrogen (secondary N) is 1. The maximum Gasteiger partial charge on any atom is 0.256 e. The molecule has 1 fully saturated rings. The van der Waals surface area contributed by atoms with E-state index in [1.165, 1.54) is 0 Å². The molecule has 2 amide bonds. The number of carbonyl (C=O) groups is 2. The van der Waals surface area contributed by atoms with Crippen LogP contribution in [0.1, 0.15) is 23.7 Å². The van der Waals surface area contributed by atoms with Gasteiger partial charge < -0.3 is 16.0 Å². The molecule has 2 rings (SSSR count). The minimum Gasteiger partial charge on any atom is -0.398 e. The molecule has 1 aliphatic heterocycles. The van der Waals surface area contributed by atoms with Crippen LogP contribution in [0.3, 0.4) is 0 Å². The Hall–Kier alpha value is -1.75. The highest BCUT2D eigenvalue weighted by Crippen LogP contribution is 2.21. The highest BCUT2D eigenvalue weighted by atomic mass is 35.5. The fraction of sp³-hybridized carbons (Fsp3) is 0.385. The second kappa shape index (κ2) is 5.48. The molecule has 0 spiro atoms. The summed E-state index contributed by atoms with van der Waals surface area (Å²) in [5, 5.41) is 3.24. The van der Waals surface area contributed by atoms with Crippen molar-refractivity contribution in [2.45, 2.75) is 19.4 Å². The van der Waals surface area contributed by atoms with E-state index in [-0.39, 0.29) is 11.8 Å². The lowest BCUT2D eigenvalue weighted by Crippen LogP contribution is -2.56. The van der Waals surface area contributed by atoms with Crippen LogP contribution >= 0.6 is 11.6 Å². The summed E-state index contributed by atoms with van der Waals surface area (Å²) in [7, 11) is 0. The third-order valence-corrected chi connectivity index (χ3v) is 3.46. The number of nitrogens with two attached hydrogens (primary N) is 1. The molecule has 0 radical (unpaired) electrons. The zero-order valence-corrected chi connectivity index (χ0v) is 11.4. The number of amides is 2. The Morgan fingerprint density at radius 1 is 1.58 bits per heavy atom. The number of rotatable bonds is 2. The number of nitrogens with zero attached hydrogens (tertiary/aromatic N) is 1. The first-order chi connectivity index (χ1) is 9.04. The van der Waals surface area contributed by atoms with Gasteiger partial charge in [-0.3, -0.25) is 9.59 Å². The zero-order chi connectivity index (χ0) is 14.0. The van der Waals surface area contributed by atoms with E-state index >= 15 is 0 Å². The number of hydrogen-bond acceptors (Lipinski definition) is 3. The molecule has 1 aliphatic rings. The van der Waals surface area contributed by atoms with Gasteiger partial charge in [0.25, 0.3) is 5.91 Å². The quantitative estimate of drug-likeness (QED) is 0.802. The number of nitrogen functional groups attached to an aromatic ring is 1. The van der Waals surface area contributed by atoms with Gasteiger partial charge >= 0.3 is 0 Å². The third kappa shape index (κ3) is 2.66. The Morgan fingerprint density at radius 2 is 2.32 bits per heavy atom. The Morgan fingerprint density at radius 3 is 2.95 bits per heavy atom. The molecule has 1 saturated heterocycles. The number of piperazine rings is 1. The summed E-state index contributed by atoms with van der Waals surface area (Å²) in [5.74, 6) is -0.342. The minimum absolute atomic E-state index is 0.116. The molecule has 0 aliphatic carbocycles. The predicted molar refractivity (Wildman–Crippen MR) is 74.0 cm³/mol. The average molecular weight is 282 g/mol. The topological polar surface area (TPSA) is 75.4 Å². The number of benzene rings is 1. The number of hydrogen-bond donors (Lipinski definition) is 2. The number of anilines is 1. The van der Waals surface area contributed by atoms with Crippen LogP contribution in [-0.4, -0.2) is 35.8 Å². The number of carbonyl (C=O) groups excluding carboxylic acids is 2. The molecular formula is C13H16ClN3O2. The first-order valence-electron chi connectivity index (χ1n) is 6.18. The Balaban J connectivity index is 2.29. The van der Waals surface area contributed by atoms with Crippen LogP contribution in [0.5, 0.6) is 0 Å². The van der Waals surface area contributed by atoms with E-state index in [9.17, 15) is 9.59 Å². The molecule has 5 nitrogen and oxygen atoms in total. The van der Waals surface area contributed by atoms with Crippen molar-refractivity contribution in [2.75, 3.05) is 18.8 Å². The molecular weight excluding hydrogens is 266 g/mol. The van der Waals surface area contributed by atoms with Gasteiger partial charge in [0.2, 0.25) is 5.91 Å². The van der Waals surface area contributed by atoms with Gasteiger partial charge in [0, 0.05) is 23.8 Å². The Kier molecular flexibility index (Phi) is 3.95. The third-order valence-electron chi connectivity index (χ3n) is 3.22. The van der Waals surface area contributed by atoms with E-state index < -0.39 is 6.04 Å². The molecule has 1 unspecified atom stereocenters. The maximum atomic E-state index is 12.5. The fourth-order valence-corrected chi connectivity index (χ4v) is 2.43. The van der Waals surface area contributed by atoms with Crippen molar-refractivity contribution in [3.8, 4) is 0 Å². The van der Waals surface area contributed by atoms with E-state index in [1.807, 2.05) is 6.92 Å². The van der Waals surface area contributed by atoms with E-state index in [0.29, 0.717) is 35.8 Å². The average Bonchev–Trinajstić information content (AvgIpc) is 2.37.